The number of halogens is 1. The van der Waals surface area contributed by atoms with Crippen molar-refractivity contribution >= 4 is 38.6 Å². The highest BCUT2D eigenvalue weighted by Crippen LogP contribution is 2.24. The third kappa shape index (κ3) is 3.12. The maximum atomic E-state index is 12.4. The average molecular weight is 373 g/mol. The predicted molar refractivity (Wildman–Crippen MR) is 94.7 cm³/mol. The first kappa shape index (κ1) is 15.7. The van der Waals surface area contributed by atoms with E-state index in [0.29, 0.717) is 5.56 Å². The van der Waals surface area contributed by atoms with Crippen molar-refractivity contribution in [3.63, 3.8) is 0 Å². The van der Waals surface area contributed by atoms with E-state index < -0.39 is 0 Å². The summed E-state index contributed by atoms with van der Waals surface area (Å²) in [6.07, 6.45) is 3.32. The van der Waals surface area contributed by atoms with Crippen molar-refractivity contribution in [2.24, 2.45) is 0 Å². The molecule has 0 fully saturated rings. The van der Waals surface area contributed by atoms with Crippen LogP contribution in [0.3, 0.4) is 0 Å². The Morgan fingerprint density at radius 2 is 2.04 bits per heavy atom. The van der Waals surface area contributed by atoms with Crippen molar-refractivity contribution in [3.05, 3.63) is 52.3 Å². The van der Waals surface area contributed by atoms with Gasteiger partial charge < -0.3 is 5.32 Å². The first-order chi connectivity index (χ1) is 11.0. The number of anilines is 1. The number of pyridine rings is 1. The molecule has 0 spiro atoms. The summed E-state index contributed by atoms with van der Waals surface area (Å²) in [6, 6.07) is 7.83. The molecule has 2 heterocycles. The molecule has 5 nitrogen and oxygen atoms in total. The number of aryl methyl sites for hydroxylation is 1. The van der Waals surface area contributed by atoms with Gasteiger partial charge in [-0.15, -0.1) is 0 Å². The summed E-state index contributed by atoms with van der Waals surface area (Å²) in [4.78, 5) is 16.8. The van der Waals surface area contributed by atoms with Crippen molar-refractivity contribution in [1.82, 2.24) is 14.8 Å². The monoisotopic (exact) mass is 372 g/mol. The van der Waals surface area contributed by atoms with E-state index in [1.165, 1.54) is 0 Å². The van der Waals surface area contributed by atoms with Crippen molar-refractivity contribution in [1.29, 1.82) is 0 Å². The fourth-order valence-electron chi connectivity index (χ4n) is 2.36. The number of carbonyl (C=O) groups is 1. The van der Waals surface area contributed by atoms with Crippen LogP contribution in [0.15, 0.2) is 41.1 Å². The molecular weight excluding hydrogens is 356 g/mol. The molecular formula is C17H17BrN4O. The van der Waals surface area contributed by atoms with E-state index in [2.05, 4.69) is 31.3 Å². The summed E-state index contributed by atoms with van der Waals surface area (Å²) in [5.41, 5.74) is 3.15. The number of rotatable bonds is 3. The number of nitrogens with zero attached hydrogens (tertiary/aromatic N) is 3. The van der Waals surface area contributed by atoms with E-state index in [1.54, 1.807) is 12.4 Å². The smallest absolute Gasteiger partial charge is 0.257 e. The summed E-state index contributed by atoms with van der Waals surface area (Å²) in [5, 5.41) is 8.07. The molecule has 118 valence electrons. The van der Waals surface area contributed by atoms with Gasteiger partial charge in [-0.2, -0.15) is 5.10 Å². The Balaban J connectivity index is 1.89. The van der Waals surface area contributed by atoms with E-state index >= 15 is 0 Å². The van der Waals surface area contributed by atoms with Crippen LogP contribution >= 0.6 is 15.9 Å². The van der Waals surface area contributed by atoms with Crippen LogP contribution in [-0.4, -0.2) is 20.7 Å². The molecule has 2 aromatic heterocycles. The maximum absolute atomic E-state index is 12.4. The van der Waals surface area contributed by atoms with Gasteiger partial charge in [0.25, 0.3) is 5.91 Å². The fourth-order valence-corrected chi connectivity index (χ4v) is 2.95. The molecule has 1 aromatic carbocycles. The highest BCUT2D eigenvalue weighted by Gasteiger charge is 2.13. The number of amides is 1. The third-order valence-electron chi connectivity index (χ3n) is 3.56. The second-order valence-corrected chi connectivity index (χ2v) is 6.61. The summed E-state index contributed by atoms with van der Waals surface area (Å²) in [6.45, 7) is 6.09. The highest BCUT2D eigenvalue weighted by atomic mass is 79.9. The number of carbonyl (C=O) groups excluding carboxylic acids is 1. The Hall–Kier alpha value is -2.21. The highest BCUT2D eigenvalue weighted by molar-refractivity contribution is 9.10. The molecule has 0 radical (unpaired) electrons. The third-order valence-corrected chi connectivity index (χ3v) is 4.21. The molecule has 3 rings (SSSR count). The minimum absolute atomic E-state index is 0.193. The zero-order valence-corrected chi connectivity index (χ0v) is 14.8. The molecule has 0 unspecified atom stereocenters. The van der Waals surface area contributed by atoms with Gasteiger partial charge in [0.1, 0.15) is 0 Å². The quantitative estimate of drug-likeness (QED) is 0.743. The van der Waals surface area contributed by atoms with Gasteiger partial charge in [-0.05, 0) is 60.5 Å². The van der Waals surface area contributed by atoms with Gasteiger partial charge in [0, 0.05) is 22.1 Å². The van der Waals surface area contributed by atoms with Crippen molar-refractivity contribution < 1.29 is 4.79 Å². The Kier molecular flexibility index (Phi) is 4.17. The molecule has 0 saturated carbocycles. The molecule has 0 saturated heterocycles. The minimum atomic E-state index is -0.193. The van der Waals surface area contributed by atoms with Crippen LogP contribution in [0.4, 0.5) is 5.69 Å². The molecule has 0 atom stereocenters. The van der Waals surface area contributed by atoms with Crippen LogP contribution in [-0.2, 0) is 0 Å². The van der Waals surface area contributed by atoms with Gasteiger partial charge in [-0.1, -0.05) is 6.07 Å². The van der Waals surface area contributed by atoms with Crippen LogP contribution in [0.5, 0.6) is 0 Å². The van der Waals surface area contributed by atoms with Gasteiger partial charge in [-0.25, -0.2) is 9.67 Å². The fraction of sp³-hybridized carbons (Fsp3) is 0.235. The van der Waals surface area contributed by atoms with Crippen LogP contribution in [0.1, 0.15) is 35.8 Å². The topological polar surface area (TPSA) is 59.8 Å². The zero-order chi connectivity index (χ0) is 16.6. The second-order valence-electron chi connectivity index (χ2n) is 5.76. The average Bonchev–Trinajstić information content (AvgIpc) is 2.93. The van der Waals surface area contributed by atoms with Gasteiger partial charge in [-0.3, -0.25) is 4.79 Å². The predicted octanol–water partition coefficient (Wildman–Crippen LogP) is 4.34. The molecule has 0 aliphatic carbocycles. The molecule has 6 heteroatoms. The molecule has 0 bridgehead atoms. The first-order valence-corrected chi connectivity index (χ1v) is 8.16. The van der Waals surface area contributed by atoms with Crippen LogP contribution < -0.4 is 5.32 Å². The summed E-state index contributed by atoms with van der Waals surface area (Å²) < 4.78 is 2.70. The van der Waals surface area contributed by atoms with E-state index in [4.69, 9.17) is 0 Å². The minimum Gasteiger partial charge on any atom is -0.321 e. The number of nitrogens with one attached hydrogen (secondary N) is 1. The Labute approximate surface area is 142 Å². The molecule has 1 N–H and O–H groups in total. The largest absolute Gasteiger partial charge is 0.321 e. The van der Waals surface area contributed by atoms with E-state index in [-0.39, 0.29) is 11.9 Å². The van der Waals surface area contributed by atoms with Gasteiger partial charge in [0.15, 0.2) is 5.65 Å². The number of hydrogen-bond donors (Lipinski definition) is 1. The van der Waals surface area contributed by atoms with Gasteiger partial charge in [0.05, 0.1) is 17.4 Å². The number of hydrogen-bond acceptors (Lipinski definition) is 3. The second kappa shape index (κ2) is 6.12. The van der Waals surface area contributed by atoms with E-state index in [9.17, 15) is 4.79 Å². The number of aromatic nitrogens is 3. The number of benzene rings is 1. The molecule has 1 amide bonds. The van der Waals surface area contributed by atoms with Gasteiger partial charge in [0.2, 0.25) is 0 Å². The zero-order valence-electron chi connectivity index (χ0n) is 13.2. The Morgan fingerprint density at radius 1 is 1.26 bits per heavy atom. The number of fused-ring (bicyclic) bond motifs is 1. The molecule has 0 aliphatic rings. The van der Waals surface area contributed by atoms with Crippen LogP contribution in [0.25, 0.3) is 11.0 Å². The molecule has 0 aliphatic heterocycles. The van der Waals surface area contributed by atoms with E-state index in [1.807, 2.05) is 49.7 Å². The summed E-state index contributed by atoms with van der Waals surface area (Å²) in [7, 11) is 0. The lowest BCUT2D eigenvalue weighted by atomic mass is 10.2. The molecule has 3 aromatic rings. The first-order valence-electron chi connectivity index (χ1n) is 7.36. The normalized spacial score (nSPS) is 11.2. The van der Waals surface area contributed by atoms with Crippen molar-refractivity contribution in [3.8, 4) is 0 Å². The van der Waals surface area contributed by atoms with Crippen molar-refractivity contribution in [2.45, 2.75) is 26.8 Å². The van der Waals surface area contributed by atoms with Crippen LogP contribution in [0, 0.1) is 6.92 Å². The standard InChI is InChI=1S/C17H17BrN4O/c1-10(2)22-16-12(9-20-22)7-13(8-19-16)17(23)21-15-5-4-11(3)6-14(15)18/h4-10H,1-3H3,(H,21,23). The van der Waals surface area contributed by atoms with Gasteiger partial charge >= 0.3 is 0 Å². The lowest BCUT2D eigenvalue weighted by molar-refractivity contribution is 0.102. The lowest BCUT2D eigenvalue weighted by Crippen LogP contribution is -2.13. The van der Waals surface area contributed by atoms with E-state index in [0.717, 1.165) is 26.8 Å². The SMILES string of the molecule is Cc1ccc(NC(=O)c2cnc3c(cnn3C(C)C)c2)c(Br)c1. The summed E-state index contributed by atoms with van der Waals surface area (Å²) >= 11 is 3.46. The molecule has 23 heavy (non-hydrogen) atoms. The Bertz CT molecular complexity index is 885. The Morgan fingerprint density at radius 3 is 2.74 bits per heavy atom. The van der Waals surface area contributed by atoms with Crippen LogP contribution in [0.2, 0.25) is 0 Å². The maximum Gasteiger partial charge on any atom is 0.257 e. The lowest BCUT2D eigenvalue weighted by Gasteiger charge is -2.09. The summed E-state index contributed by atoms with van der Waals surface area (Å²) in [5.74, 6) is -0.193. The van der Waals surface area contributed by atoms with Crippen molar-refractivity contribution in [2.75, 3.05) is 5.32 Å².